The molecule has 1 amide bonds. The van der Waals surface area contributed by atoms with Crippen LogP contribution in [0.4, 0.5) is 28.4 Å². The molecule has 0 saturated heterocycles. The van der Waals surface area contributed by atoms with E-state index in [1.54, 1.807) is 48.5 Å². The summed E-state index contributed by atoms with van der Waals surface area (Å²) < 4.78 is 0. The standard InChI is InChI=1S/C24H22N2Si.C13H13N3O/c25-19-11-15-23(16-12-19)27(21-7-3-1-4-8-21,22-9-5-2-6-10-22)24-17-13-20(26)14-18-24;14-10-3-1-9(2-4-10)13(17)16-12-7-5-11(15)6-8-12/h1-18H,25-26H2;1-8H,14-15H2,(H,16,17). The van der Waals surface area contributed by atoms with Crippen molar-refractivity contribution in [1.29, 1.82) is 0 Å². The molecule has 6 aromatic rings. The van der Waals surface area contributed by atoms with E-state index >= 15 is 0 Å². The molecule has 0 aromatic heterocycles. The quantitative estimate of drug-likeness (QED) is 0.111. The lowest BCUT2D eigenvalue weighted by Crippen LogP contribution is -2.74. The van der Waals surface area contributed by atoms with Gasteiger partial charge in [0.2, 0.25) is 0 Å². The van der Waals surface area contributed by atoms with E-state index in [4.69, 9.17) is 22.9 Å². The smallest absolute Gasteiger partial charge is 0.255 e. The molecule has 0 radical (unpaired) electrons. The molecule has 44 heavy (non-hydrogen) atoms. The van der Waals surface area contributed by atoms with Gasteiger partial charge in [0.05, 0.1) is 0 Å². The fraction of sp³-hybridized carbons (Fsp3) is 0. The van der Waals surface area contributed by atoms with Gasteiger partial charge in [-0.1, -0.05) is 84.9 Å². The third-order valence-electron chi connectivity index (χ3n) is 7.44. The van der Waals surface area contributed by atoms with Gasteiger partial charge in [0.1, 0.15) is 0 Å². The van der Waals surface area contributed by atoms with Crippen molar-refractivity contribution >= 4 is 63.2 Å². The third kappa shape index (κ3) is 6.64. The van der Waals surface area contributed by atoms with Crippen LogP contribution in [0.5, 0.6) is 0 Å². The highest BCUT2D eigenvalue weighted by atomic mass is 28.3. The number of carbonyl (C=O) groups is 1. The van der Waals surface area contributed by atoms with Gasteiger partial charge in [-0.2, -0.15) is 0 Å². The number of anilines is 5. The van der Waals surface area contributed by atoms with Gasteiger partial charge in [0.15, 0.2) is 8.07 Å². The first kappa shape index (κ1) is 29.7. The molecular formula is C37H35N5OSi. The first-order valence-electron chi connectivity index (χ1n) is 14.2. The summed E-state index contributed by atoms with van der Waals surface area (Å²) >= 11 is 0. The molecule has 0 aliphatic carbocycles. The second-order valence-electron chi connectivity index (χ2n) is 10.4. The zero-order chi connectivity index (χ0) is 30.9. The lowest BCUT2D eigenvalue weighted by Gasteiger charge is -2.34. The first-order chi connectivity index (χ1) is 21.4. The lowest BCUT2D eigenvalue weighted by atomic mass is 10.2. The largest absolute Gasteiger partial charge is 0.399 e. The normalized spacial score (nSPS) is 10.7. The molecule has 0 saturated carbocycles. The number of hydrogen-bond donors (Lipinski definition) is 5. The van der Waals surface area contributed by atoms with E-state index in [1.807, 2.05) is 24.3 Å². The number of carbonyl (C=O) groups excluding carboxylic acids is 1. The van der Waals surface area contributed by atoms with E-state index in [-0.39, 0.29) is 5.91 Å². The van der Waals surface area contributed by atoms with Gasteiger partial charge >= 0.3 is 0 Å². The summed E-state index contributed by atoms with van der Waals surface area (Å²) in [4.78, 5) is 11.8. The van der Waals surface area contributed by atoms with Crippen LogP contribution in [0.2, 0.25) is 0 Å². The molecular weight excluding hydrogens is 559 g/mol. The van der Waals surface area contributed by atoms with Crippen LogP contribution in [0.25, 0.3) is 0 Å². The highest BCUT2D eigenvalue weighted by Crippen LogP contribution is 2.14. The average Bonchev–Trinajstić information content (AvgIpc) is 3.06. The number of nitrogens with one attached hydrogen (secondary N) is 1. The van der Waals surface area contributed by atoms with Crippen LogP contribution in [-0.2, 0) is 0 Å². The summed E-state index contributed by atoms with van der Waals surface area (Å²) in [6.45, 7) is 0. The van der Waals surface area contributed by atoms with Gasteiger partial charge in [-0.3, -0.25) is 4.79 Å². The summed E-state index contributed by atoms with van der Waals surface area (Å²) in [5.41, 5.74) is 27.2. The van der Waals surface area contributed by atoms with Crippen molar-refractivity contribution in [3.63, 3.8) is 0 Å². The lowest BCUT2D eigenvalue weighted by molar-refractivity contribution is 0.102. The van der Waals surface area contributed by atoms with Crippen molar-refractivity contribution < 1.29 is 4.79 Å². The van der Waals surface area contributed by atoms with Gasteiger partial charge in [0.25, 0.3) is 5.91 Å². The van der Waals surface area contributed by atoms with Crippen molar-refractivity contribution in [3.8, 4) is 0 Å². The van der Waals surface area contributed by atoms with Crippen molar-refractivity contribution in [1.82, 2.24) is 0 Å². The Balaban J connectivity index is 0.000000195. The minimum atomic E-state index is -2.46. The topological polar surface area (TPSA) is 133 Å². The molecule has 0 spiro atoms. The zero-order valence-corrected chi connectivity index (χ0v) is 25.2. The maximum Gasteiger partial charge on any atom is 0.255 e. The molecule has 6 aromatic carbocycles. The van der Waals surface area contributed by atoms with E-state index < -0.39 is 8.07 Å². The highest BCUT2D eigenvalue weighted by molar-refractivity contribution is 7.19. The predicted molar refractivity (Wildman–Crippen MR) is 189 cm³/mol. The molecule has 0 aliphatic heterocycles. The van der Waals surface area contributed by atoms with Crippen LogP contribution in [0.3, 0.4) is 0 Å². The van der Waals surface area contributed by atoms with E-state index in [2.05, 4.69) is 90.2 Å². The Morgan fingerprint density at radius 2 is 0.727 bits per heavy atom. The molecule has 0 fully saturated rings. The van der Waals surface area contributed by atoms with Crippen molar-refractivity contribution in [3.05, 3.63) is 163 Å². The van der Waals surface area contributed by atoms with E-state index in [0.717, 1.165) is 11.4 Å². The summed E-state index contributed by atoms with van der Waals surface area (Å²) in [7, 11) is -2.46. The number of nitrogens with two attached hydrogens (primary N) is 4. The highest BCUT2D eigenvalue weighted by Gasteiger charge is 2.41. The number of amides is 1. The molecule has 7 heteroatoms. The molecule has 0 aliphatic rings. The van der Waals surface area contributed by atoms with E-state index in [0.29, 0.717) is 22.6 Å². The second-order valence-corrected chi connectivity index (χ2v) is 14.2. The molecule has 0 unspecified atom stereocenters. The number of hydrogen-bond acceptors (Lipinski definition) is 5. The van der Waals surface area contributed by atoms with Crippen LogP contribution in [0.1, 0.15) is 10.4 Å². The molecule has 9 N–H and O–H groups in total. The Morgan fingerprint density at radius 3 is 1.11 bits per heavy atom. The Hall–Kier alpha value is -5.79. The van der Waals surface area contributed by atoms with Crippen LogP contribution < -0.4 is 49.0 Å². The third-order valence-corrected chi connectivity index (χ3v) is 12.2. The maximum absolute atomic E-state index is 11.8. The SMILES string of the molecule is Nc1ccc(NC(=O)c2ccc(N)cc2)cc1.Nc1ccc([Si](c2ccccc2)(c2ccccc2)c2ccc(N)cc2)cc1. The average molecular weight is 594 g/mol. The Morgan fingerprint density at radius 1 is 0.409 bits per heavy atom. The summed E-state index contributed by atoms with van der Waals surface area (Å²) in [5, 5.41) is 8.06. The fourth-order valence-corrected chi connectivity index (χ4v) is 9.96. The van der Waals surface area contributed by atoms with Crippen LogP contribution in [-0.4, -0.2) is 14.0 Å². The Bertz CT molecular complexity index is 1710. The van der Waals surface area contributed by atoms with Gasteiger partial charge in [0, 0.05) is 34.0 Å². The van der Waals surface area contributed by atoms with Crippen LogP contribution in [0.15, 0.2) is 158 Å². The molecule has 0 bridgehead atoms. The van der Waals surface area contributed by atoms with Crippen LogP contribution in [0, 0.1) is 0 Å². The van der Waals surface area contributed by atoms with Crippen molar-refractivity contribution in [2.24, 2.45) is 0 Å². The van der Waals surface area contributed by atoms with Gasteiger partial charge in [-0.05, 0) is 93.5 Å². The summed E-state index contributed by atoms with van der Waals surface area (Å²) in [5.74, 6) is -0.172. The maximum atomic E-state index is 11.8. The van der Waals surface area contributed by atoms with E-state index in [1.165, 1.54) is 20.7 Å². The van der Waals surface area contributed by atoms with Gasteiger partial charge < -0.3 is 28.3 Å². The number of benzene rings is 6. The molecule has 218 valence electrons. The number of nitrogen functional groups attached to an aromatic ring is 4. The number of rotatable bonds is 6. The first-order valence-corrected chi connectivity index (χ1v) is 16.2. The molecule has 0 atom stereocenters. The molecule has 6 nitrogen and oxygen atoms in total. The Kier molecular flexibility index (Phi) is 9.08. The monoisotopic (exact) mass is 593 g/mol. The Labute approximate surface area is 259 Å². The minimum absolute atomic E-state index is 0.172. The van der Waals surface area contributed by atoms with Crippen molar-refractivity contribution in [2.75, 3.05) is 28.3 Å². The molecule has 6 rings (SSSR count). The van der Waals surface area contributed by atoms with Gasteiger partial charge in [-0.15, -0.1) is 0 Å². The molecule has 0 heterocycles. The summed E-state index contributed by atoms with van der Waals surface area (Å²) in [6, 6.07) is 52.0. The second kappa shape index (κ2) is 13.5. The minimum Gasteiger partial charge on any atom is -0.399 e. The van der Waals surface area contributed by atoms with Gasteiger partial charge in [-0.25, -0.2) is 0 Å². The fourth-order valence-electron chi connectivity index (χ4n) is 5.25. The van der Waals surface area contributed by atoms with E-state index in [9.17, 15) is 4.79 Å². The van der Waals surface area contributed by atoms with Crippen molar-refractivity contribution in [2.45, 2.75) is 0 Å². The van der Waals surface area contributed by atoms with Crippen LogP contribution >= 0.6 is 0 Å². The summed E-state index contributed by atoms with van der Waals surface area (Å²) in [6.07, 6.45) is 0. The zero-order valence-electron chi connectivity index (χ0n) is 24.2. The predicted octanol–water partition coefficient (Wildman–Crippen LogP) is 4.33.